The number of rotatable bonds is 5. The summed E-state index contributed by atoms with van der Waals surface area (Å²) in [4.78, 5) is 12.3. The van der Waals surface area contributed by atoms with Crippen LogP contribution in [0.25, 0.3) is 0 Å². The van der Waals surface area contributed by atoms with Gasteiger partial charge < -0.3 is 5.32 Å². The number of nitrogens with zero attached hydrogens (tertiary/aromatic N) is 2. The number of hydrogen-bond acceptors (Lipinski definition) is 4. The zero-order valence-corrected chi connectivity index (χ0v) is 16.4. The molecular formula is C15H18Cl2N4O3S. The Hall–Kier alpha value is -1.61. The average molecular weight is 405 g/mol. The van der Waals surface area contributed by atoms with E-state index in [4.69, 9.17) is 23.2 Å². The number of carbonyl (C=O) groups is 1. The molecule has 0 spiro atoms. The fourth-order valence-electron chi connectivity index (χ4n) is 2.18. The predicted molar refractivity (Wildman–Crippen MR) is 97.6 cm³/mol. The van der Waals surface area contributed by atoms with Crippen molar-refractivity contribution in [1.29, 1.82) is 0 Å². The number of aromatic nitrogens is 2. The van der Waals surface area contributed by atoms with Crippen LogP contribution < -0.4 is 10.0 Å². The lowest BCUT2D eigenvalue weighted by atomic mass is 10.2. The summed E-state index contributed by atoms with van der Waals surface area (Å²) in [5.74, 6) is -0.497. The molecule has 1 aromatic heterocycles. The van der Waals surface area contributed by atoms with Gasteiger partial charge in [-0.25, -0.2) is 8.42 Å². The van der Waals surface area contributed by atoms with Crippen molar-refractivity contribution in [3.63, 3.8) is 0 Å². The summed E-state index contributed by atoms with van der Waals surface area (Å²) in [7, 11) is -2.17. The van der Waals surface area contributed by atoms with Gasteiger partial charge in [-0.15, -0.1) is 0 Å². The molecule has 0 aliphatic carbocycles. The summed E-state index contributed by atoms with van der Waals surface area (Å²) in [6.45, 7) is 5.01. The van der Waals surface area contributed by atoms with E-state index in [1.54, 1.807) is 25.6 Å². The largest absolute Gasteiger partial charge is 0.322 e. The fourth-order valence-corrected chi connectivity index (χ4v) is 3.78. The summed E-state index contributed by atoms with van der Waals surface area (Å²) in [5, 5.41) is 7.25. The van der Waals surface area contributed by atoms with Gasteiger partial charge in [-0.2, -0.15) is 9.82 Å². The molecule has 1 atom stereocenters. The van der Waals surface area contributed by atoms with Crippen LogP contribution in [-0.2, 0) is 21.9 Å². The Morgan fingerprint density at radius 1 is 1.24 bits per heavy atom. The number of nitrogens with one attached hydrogen (secondary N) is 2. The van der Waals surface area contributed by atoms with Crippen molar-refractivity contribution in [2.75, 3.05) is 5.32 Å². The van der Waals surface area contributed by atoms with E-state index in [0.29, 0.717) is 11.4 Å². The summed E-state index contributed by atoms with van der Waals surface area (Å²) in [6.07, 6.45) is 0. The molecular weight excluding hydrogens is 387 g/mol. The van der Waals surface area contributed by atoms with Crippen molar-refractivity contribution in [2.24, 2.45) is 7.05 Å². The van der Waals surface area contributed by atoms with Crippen LogP contribution >= 0.6 is 23.2 Å². The quantitative estimate of drug-likeness (QED) is 0.800. The lowest BCUT2D eigenvalue weighted by Crippen LogP contribution is -2.41. The number of benzene rings is 1. The summed E-state index contributed by atoms with van der Waals surface area (Å²) >= 11 is 11.6. The van der Waals surface area contributed by atoms with Gasteiger partial charge in [0.2, 0.25) is 15.9 Å². The minimum atomic E-state index is -3.93. The SMILES string of the molecule is Cc1nn(C)c(C)c1NC(=O)C(C)NS(=O)(=O)c1ccc(Cl)c(Cl)c1. The molecule has 10 heteroatoms. The molecule has 1 aromatic carbocycles. The highest BCUT2D eigenvalue weighted by molar-refractivity contribution is 7.89. The van der Waals surface area contributed by atoms with Crippen LogP contribution in [0.4, 0.5) is 5.69 Å². The fraction of sp³-hybridized carbons (Fsp3) is 0.333. The molecule has 0 saturated heterocycles. The van der Waals surface area contributed by atoms with E-state index in [1.165, 1.54) is 25.1 Å². The van der Waals surface area contributed by atoms with Crippen molar-refractivity contribution in [1.82, 2.24) is 14.5 Å². The molecule has 0 radical (unpaired) electrons. The van der Waals surface area contributed by atoms with Gasteiger partial charge in [0, 0.05) is 7.05 Å². The van der Waals surface area contributed by atoms with Crippen LogP contribution in [0.2, 0.25) is 10.0 Å². The Labute approximate surface area is 156 Å². The minimum Gasteiger partial charge on any atom is -0.322 e. The predicted octanol–water partition coefficient (Wildman–Crippen LogP) is 2.65. The van der Waals surface area contributed by atoms with E-state index in [9.17, 15) is 13.2 Å². The molecule has 0 aliphatic rings. The highest BCUT2D eigenvalue weighted by atomic mass is 35.5. The van der Waals surface area contributed by atoms with Crippen molar-refractivity contribution in [3.8, 4) is 0 Å². The molecule has 0 bridgehead atoms. The Bertz CT molecular complexity index is 925. The third kappa shape index (κ3) is 4.33. The number of hydrogen-bond donors (Lipinski definition) is 2. The number of amides is 1. The second-order valence-corrected chi connectivity index (χ2v) is 8.11. The lowest BCUT2D eigenvalue weighted by molar-refractivity contribution is -0.117. The van der Waals surface area contributed by atoms with Gasteiger partial charge in [0.25, 0.3) is 0 Å². The number of halogens is 2. The topological polar surface area (TPSA) is 93.1 Å². The molecule has 2 rings (SSSR count). The molecule has 0 saturated carbocycles. The van der Waals surface area contributed by atoms with Crippen LogP contribution in [0.15, 0.2) is 23.1 Å². The van der Waals surface area contributed by atoms with Crippen molar-refractivity contribution in [3.05, 3.63) is 39.6 Å². The van der Waals surface area contributed by atoms with Gasteiger partial charge in [-0.3, -0.25) is 9.48 Å². The van der Waals surface area contributed by atoms with Gasteiger partial charge in [0.1, 0.15) is 0 Å². The highest BCUT2D eigenvalue weighted by Gasteiger charge is 2.24. The molecule has 2 aromatic rings. The monoisotopic (exact) mass is 404 g/mol. The zero-order chi connectivity index (χ0) is 18.9. The Morgan fingerprint density at radius 3 is 2.40 bits per heavy atom. The first-order valence-electron chi connectivity index (χ1n) is 7.31. The van der Waals surface area contributed by atoms with E-state index in [2.05, 4.69) is 15.1 Å². The number of anilines is 1. The maximum Gasteiger partial charge on any atom is 0.242 e. The standard InChI is InChI=1S/C15H18Cl2N4O3S/c1-8-14(10(3)21(4)19-8)18-15(22)9(2)20-25(23,24)11-5-6-12(16)13(17)7-11/h5-7,9,20H,1-4H3,(H,18,22). The van der Waals surface area contributed by atoms with Crippen LogP contribution in [0, 0.1) is 13.8 Å². The molecule has 25 heavy (non-hydrogen) atoms. The first-order chi connectivity index (χ1) is 11.5. The molecule has 2 N–H and O–H groups in total. The molecule has 1 unspecified atom stereocenters. The number of aryl methyl sites for hydroxylation is 2. The van der Waals surface area contributed by atoms with Crippen LogP contribution in [0.1, 0.15) is 18.3 Å². The molecule has 1 amide bonds. The summed E-state index contributed by atoms with van der Waals surface area (Å²) < 4.78 is 28.7. The Balaban J connectivity index is 2.15. The maximum absolute atomic E-state index is 12.4. The third-order valence-electron chi connectivity index (χ3n) is 3.68. The third-order valence-corrected chi connectivity index (χ3v) is 5.96. The van der Waals surface area contributed by atoms with Gasteiger partial charge in [-0.1, -0.05) is 23.2 Å². The zero-order valence-electron chi connectivity index (χ0n) is 14.1. The first-order valence-corrected chi connectivity index (χ1v) is 9.55. The van der Waals surface area contributed by atoms with Crippen LogP contribution in [0.5, 0.6) is 0 Å². The molecule has 1 heterocycles. The molecule has 0 aliphatic heterocycles. The molecule has 0 fully saturated rings. The Kier molecular flexibility index (Phi) is 5.78. The maximum atomic E-state index is 12.4. The molecule has 7 nitrogen and oxygen atoms in total. The summed E-state index contributed by atoms with van der Waals surface area (Å²) in [5.41, 5.74) is 1.98. The van der Waals surface area contributed by atoms with E-state index >= 15 is 0 Å². The van der Waals surface area contributed by atoms with E-state index in [0.717, 1.165) is 5.69 Å². The average Bonchev–Trinajstić information content (AvgIpc) is 2.75. The van der Waals surface area contributed by atoms with E-state index in [-0.39, 0.29) is 14.9 Å². The number of carbonyl (C=O) groups excluding carboxylic acids is 1. The molecule has 136 valence electrons. The smallest absolute Gasteiger partial charge is 0.242 e. The van der Waals surface area contributed by atoms with Gasteiger partial charge in [0.05, 0.1) is 38.1 Å². The first kappa shape index (κ1) is 19.7. The van der Waals surface area contributed by atoms with Crippen LogP contribution in [-0.4, -0.2) is 30.1 Å². The normalized spacial score (nSPS) is 12.9. The van der Waals surface area contributed by atoms with Crippen molar-refractivity contribution >= 4 is 44.8 Å². The van der Waals surface area contributed by atoms with Gasteiger partial charge >= 0.3 is 0 Å². The second-order valence-electron chi connectivity index (χ2n) is 5.58. The van der Waals surface area contributed by atoms with Crippen LogP contribution in [0.3, 0.4) is 0 Å². The van der Waals surface area contributed by atoms with E-state index in [1.807, 2.05) is 0 Å². The van der Waals surface area contributed by atoms with Crippen molar-refractivity contribution < 1.29 is 13.2 Å². The van der Waals surface area contributed by atoms with Gasteiger partial charge in [-0.05, 0) is 39.0 Å². The van der Waals surface area contributed by atoms with E-state index < -0.39 is 22.0 Å². The lowest BCUT2D eigenvalue weighted by Gasteiger charge is -2.15. The van der Waals surface area contributed by atoms with Crippen molar-refractivity contribution in [2.45, 2.75) is 31.7 Å². The summed E-state index contributed by atoms with van der Waals surface area (Å²) in [6, 6.07) is 2.92. The Morgan fingerprint density at radius 2 is 1.88 bits per heavy atom. The highest BCUT2D eigenvalue weighted by Crippen LogP contribution is 2.25. The van der Waals surface area contributed by atoms with Gasteiger partial charge in [0.15, 0.2) is 0 Å². The minimum absolute atomic E-state index is 0.0738. The second kappa shape index (κ2) is 7.33. The number of sulfonamides is 1.